The van der Waals surface area contributed by atoms with Crippen LogP contribution < -0.4 is 5.32 Å². The van der Waals surface area contributed by atoms with Crippen LogP contribution in [0.15, 0.2) is 0 Å². The van der Waals surface area contributed by atoms with E-state index in [0.29, 0.717) is 18.2 Å². The average molecular weight is 224 g/mol. The first kappa shape index (κ1) is 12.1. The van der Waals surface area contributed by atoms with E-state index in [1.165, 1.54) is 32.1 Å². The number of rotatable bonds is 4. The maximum absolute atomic E-state index is 11.9. The molecule has 2 rings (SSSR count). The Morgan fingerprint density at radius 1 is 1.12 bits per heavy atom. The standard InChI is InChI=1S/C13H24N2O/c16-13(10-12-4-1-2-5-12)11-15-8-3-6-14-7-9-15/h12,14H,1-11H2. The molecule has 1 aliphatic heterocycles. The quantitative estimate of drug-likeness (QED) is 0.784. The summed E-state index contributed by atoms with van der Waals surface area (Å²) in [7, 11) is 0. The zero-order chi connectivity index (χ0) is 11.2. The van der Waals surface area contributed by atoms with Crippen LogP contribution in [-0.4, -0.2) is 43.4 Å². The maximum Gasteiger partial charge on any atom is 0.147 e. The molecule has 1 N–H and O–H groups in total. The van der Waals surface area contributed by atoms with Crippen molar-refractivity contribution in [2.45, 2.75) is 38.5 Å². The third-order valence-electron chi connectivity index (χ3n) is 3.82. The Balaban J connectivity index is 1.68. The van der Waals surface area contributed by atoms with E-state index in [1.54, 1.807) is 0 Å². The van der Waals surface area contributed by atoms with Crippen LogP contribution in [0.25, 0.3) is 0 Å². The third-order valence-corrected chi connectivity index (χ3v) is 3.82. The highest BCUT2D eigenvalue weighted by Crippen LogP contribution is 2.27. The summed E-state index contributed by atoms with van der Waals surface area (Å²) in [6, 6.07) is 0. The smallest absolute Gasteiger partial charge is 0.147 e. The van der Waals surface area contributed by atoms with Crippen LogP contribution in [0.2, 0.25) is 0 Å². The molecular formula is C13H24N2O. The van der Waals surface area contributed by atoms with E-state index in [0.717, 1.165) is 32.6 Å². The van der Waals surface area contributed by atoms with Crippen molar-refractivity contribution in [3.63, 3.8) is 0 Å². The highest BCUT2D eigenvalue weighted by Gasteiger charge is 2.20. The van der Waals surface area contributed by atoms with E-state index in [1.807, 2.05) is 0 Å². The molecule has 1 heterocycles. The predicted octanol–water partition coefficient (Wildman–Crippen LogP) is 1.43. The molecular weight excluding hydrogens is 200 g/mol. The molecule has 1 aliphatic carbocycles. The number of carbonyl (C=O) groups is 1. The SMILES string of the molecule is O=C(CC1CCCC1)CN1CCCNCC1. The van der Waals surface area contributed by atoms with Crippen molar-refractivity contribution in [3.05, 3.63) is 0 Å². The number of carbonyl (C=O) groups excluding carboxylic acids is 1. The first-order valence-electron chi connectivity index (χ1n) is 6.79. The van der Waals surface area contributed by atoms with Gasteiger partial charge in [0.15, 0.2) is 0 Å². The number of nitrogens with one attached hydrogen (secondary N) is 1. The van der Waals surface area contributed by atoms with Crippen LogP contribution in [0.4, 0.5) is 0 Å². The van der Waals surface area contributed by atoms with E-state index >= 15 is 0 Å². The first-order valence-corrected chi connectivity index (χ1v) is 6.79. The summed E-state index contributed by atoms with van der Waals surface area (Å²) in [5, 5.41) is 3.37. The monoisotopic (exact) mass is 224 g/mol. The van der Waals surface area contributed by atoms with E-state index < -0.39 is 0 Å². The van der Waals surface area contributed by atoms with Crippen LogP contribution in [0.1, 0.15) is 38.5 Å². The lowest BCUT2D eigenvalue weighted by Gasteiger charge is -2.19. The van der Waals surface area contributed by atoms with Crippen molar-refractivity contribution in [1.29, 1.82) is 0 Å². The van der Waals surface area contributed by atoms with Crippen LogP contribution >= 0.6 is 0 Å². The van der Waals surface area contributed by atoms with Crippen molar-refractivity contribution in [2.75, 3.05) is 32.7 Å². The van der Waals surface area contributed by atoms with Gasteiger partial charge in [-0.25, -0.2) is 0 Å². The van der Waals surface area contributed by atoms with Gasteiger partial charge in [0, 0.05) is 19.5 Å². The summed E-state index contributed by atoms with van der Waals surface area (Å²) >= 11 is 0. The molecule has 1 saturated heterocycles. The minimum absolute atomic E-state index is 0.466. The molecule has 0 aromatic heterocycles. The van der Waals surface area contributed by atoms with Gasteiger partial charge in [0.1, 0.15) is 5.78 Å². The minimum Gasteiger partial charge on any atom is -0.315 e. The second-order valence-electron chi connectivity index (χ2n) is 5.27. The second kappa shape index (κ2) is 6.36. The van der Waals surface area contributed by atoms with E-state index in [9.17, 15) is 4.79 Å². The fraction of sp³-hybridized carbons (Fsp3) is 0.923. The third kappa shape index (κ3) is 3.87. The lowest BCUT2D eigenvalue weighted by molar-refractivity contribution is -0.121. The van der Waals surface area contributed by atoms with Gasteiger partial charge in [0.2, 0.25) is 0 Å². The summed E-state index contributed by atoms with van der Waals surface area (Å²) < 4.78 is 0. The van der Waals surface area contributed by atoms with Crippen molar-refractivity contribution >= 4 is 5.78 Å². The molecule has 0 radical (unpaired) electrons. The summed E-state index contributed by atoms with van der Waals surface area (Å²) in [5.41, 5.74) is 0. The van der Waals surface area contributed by atoms with Gasteiger partial charge in [-0.15, -0.1) is 0 Å². The highest BCUT2D eigenvalue weighted by atomic mass is 16.1. The second-order valence-corrected chi connectivity index (χ2v) is 5.27. The maximum atomic E-state index is 11.9. The predicted molar refractivity (Wildman–Crippen MR) is 65.5 cm³/mol. The number of nitrogens with zero attached hydrogens (tertiary/aromatic N) is 1. The number of hydrogen-bond donors (Lipinski definition) is 1. The normalized spacial score (nSPS) is 24.5. The van der Waals surface area contributed by atoms with Crippen LogP contribution in [0.3, 0.4) is 0 Å². The number of Topliss-reactive ketones (excluding diaryl/α,β-unsaturated/α-hetero) is 1. The highest BCUT2D eigenvalue weighted by molar-refractivity contribution is 5.80. The fourth-order valence-corrected chi connectivity index (χ4v) is 2.91. The molecule has 1 saturated carbocycles. The molecule has 3 heteroatoms. The molecule has 0 atom stereocenters. The van der Waals surface area contributed by atoms with Crippen LogP contribution in [-0.2, 0) is 4.79 Å². The number of hydrogen-bond acceptors (Lipinski definition) is 3. The van der Waals surface area contributed by atoms with Gasteiger partial charge < -0.3 is 5.32 Å². The molecule has 0 amide bonds. The van der Waals surface area contributed by atoms with Crippen molar-refractivity contribution in [3.8, 4) is 0 Å². The molecule has 0 aromatic carbocycles. The van der Waals surface area contributed by atoms with Gasteiger partial charge >= 0.3 is 0 Å². The van der Waals surface area contributed by atoms with Gasteiger partial charge in [-0.2, -0.15) is 0 Å². The Kier molecular flexibility index (Phi) is 4.79. The van der Waals surface area contributed by atoms with E-state index in [4.69, 9.17) is 0 Å². The molecule has 2 fully saturated rings. The molecule has 0 unspecified atom stereocenters. The summed E-state index contributed by atoms with van der Waals surface area (Å²) in [6.45, 7) is 4.96. The van der Waals surface area contributed by atoms with Crippen molar-refractivity contribution in [1.82, 2.24) is 10.2 Å². The fourth-order valence-electron chi connectivity index (χ4n) is 2.91. The Hall–Kier alpha value is -0.410. The van der Waals surface area contributed by atoms with Gasteiger partial charge in [-0.1, -0.05) is 25.7 Å². The molecule has 2 aliphatic rings. The Labute approximate surface area is 98.6 Å². The largest absolute Gasteiger partial charge is 0.315 e. The molecule has 0 bridgehead atoms. The van der Waals surface area contributed by atoms with Gasteiger partial charge in [-0.3, -0.25) is 9.69 Å². The first-order chi connectivity index (χ1) is 7.84. The Morgan fingerprint density at radius 3 is 2.75 bits per heavy atom. The Morgan fingerprint density at radius 2 is 1.94 bits per heavy atom. The summed E-state index contributed by atoms with van der Waals surface area (Å²) in [5.74, 6) is 1.17. The number of ketones is 1. The molecule has 0 aromatic rings. The molecule has 0 spiro atoms. The zero-order valence-electron chi connectivity index (χ0n) is 10.2. The topological polar surface area (TPSA) is 32.3 Å². The summed E-state index contributed by atoms with van der Waals surface area (Å²) in [6.07, 6.45) is 7.26. The molecule has 92 valence electrons. The van der Waals surface area contributed by atoms with Gasteiger partial charge in [0.25, 0.3) is 0 Å². The van der Waals surface area contributed by atoms with Crippen LogP contribution in [0, 0.1) is 5.92 Å². The minimum atomic E-state index is 0.466. The van der Waals surface area contributed by atoms with E-state index in [-0.39, 0.29) is 0 Å². The molecule has 3 nitrogen and oxygen atoms in total. The van der Waals surface area contributed by atoms with Crippen LogP contribution in [0.5, 0.6) is 0 Å². The molecule has 16 heavy (non-hydrogen) atoms. The van der Waals surface area contributed by atoms with E-state index in [2.05, 4.69) is 10.2 Å². The van der Waals surface area contributed by atoms with Gasteiger partial charge in [0.05, 0.1) is 6.54 Å². The average Bonchev–Trinajstić information content (AvgIpc) is 2.62. The zero-order valence-corrected chi connectivity index (χ0v) is 10.2. The van der Waals surface area contributed by atoms with Crippen molar-refractivity contribution < 1.29 is 4.79 Å². The van der Waals surface area contributed by atoms with Crippen molar-refractivity contribution in [2.24, 2.45) is 5.92 Å². The Bertz CT molecular complexity index is 216. The summed E-state index contributed by atoms with van der Waals surface area (Å²) in [4.78, 5) is 14.2. The lowest BCUT2D eigenvalue weighted by Crippen LogP contribution is -2.33. The van der Waals surface area contributed by atoms with Gasteiger partial charge in [-0.05, 0) is 25.4 Å². The lowest BCUT2D eigenvalue weighted by atomic mass is 10.0.